The Hall–Kier alpha value is -1.99. The van der Waals surface area contributed by atoms with Gasteiger partial charge < -0.3 is 9.32 Å². The van der Waals surface area contributed by atoms with Gasteiger partial charge in [-0.05, 0) is 66.0 Å². The third-order valence-electron chi connectivity index (χ3n) is 6.09. The molecule has 2 aromatic carbocycles. The number of anilines is 1. The minimum Gasteiger partial charge on any atom is -0.405 e. The third-order valence-corrected chi connectivity index (χ3v) is 7.55. The van der Waals surface area contributed by atoms with Crippen molar-refractivity contribution in [2.24, 2.45) is 7.05 Å². The predicted octanol–water partition coefficient (Wildman–Crippen LogP) is 5.41. The Morgan fingerprint density at radius 1 is 1.06 bits per heavy atom. The van der Waals surface area contributed by atoms with Crippen LogP contribution < -0.4 is 10.7 Å². The topological polar surface area (TPSA) is 41.6 Å². The number of fused-ring (bicyclic) bond motifs is 2. The lowest BCUT2D eigenvalue weighted by molar-refractivity contribution is 0.255. The lowest BCUT2D eigenvalue weighted by atomic mass is 10.1. The number of piperazine rings is 1. The van der Waals surface area contributed by atoms with Gasteiger partial charge in [-0.2, -0.15) is 0 Å². The van der Waals surface area contributed by atoms with E-state index in [2.05, 4.69) is 27.3 Å². The van der Waals surface area contributed by atoms with Crippen molar-refractivity contribution in [1.82, 2.24) is 9.47 Å². The Labute approximate surface area is 194 Å². The number of aryl methyl sites for hydroxylation is 2. The predicted molar refractivity (Wildman–Crippen MR) is 130 cm³/mol. The Morgan fingerprint density at radius 2 is 1.87 bits per heavy atom. The van der Waals surface area contributed by atoms with Crippen molar-refractivity contribution in [3.8, 4) is 0 Å². The van der Waals surface area contributed by atoms with Gasteiger partial charge in [0, 0.05) is 48.0 Å². The molecule has 1 fully saturated rings. The van der Waals surface area contributed by atoms with Crippen LogP contribution in [0.2, 0.25) is 10.0 Å². The summed E-state index contributed by atoms with van der Waals surface area (Å²) in [5, 5.41) is 4.96. The van der Waals surface area contributed by atoms with E-state index in [1.165, 1.54) is 20.2 Å². The van der Waals surface area contributed by atoms with Gasteiger partial charge in [0.25, 0.3) is 0 Å². The standard InChI is InChI=1S/C23H23Cl2N3O2S/c1-26-19-12-17(25)13-20(22(19)30-23(26)29)28-9-7-27(8-10-28)6-2-3-15-14-31-21-5-4-16(24)11-18(15)21/h4-5,11-14H,2-3,6-10H2,1H3. The Balaban J connectivity index is 1.21. The van der Waals surface area contributed by atoms with E-state index < -0.39 is 0 Å². The molecule has 8 heteroatoms. The summed E-state index contributed by atoms with van der Waals surface area (Å²) in [7, 11) is 1.71. The minimum atomic E-state index is -0.362. The molecule has 0 spiro atoms. The molecule has 0 amide bonds. The fourth-order valence-corrected chi connectivity index (χ4v) is 5.72. The number of hydrogen-bond acceptors (Lipinski definition) is 5. The number of rotatable bonds is 5. The summed E-state index contributed by atoms with van der Waals surface area (Å²) in [6, 6.07) is 9.82. The number of nitrogens with zero attached hydrogens (tertiary/aromatic N) is 3. The van der Waals surface area contributed by atoms with Crippen molar-refractivity contribution in [2.75, 3.05) is 37.6 Å². The van der Waals surface area contributed by atoms with Crippen LogP contribution in [0.3, 0.4) is 0 Å². The number of thiophene rings is 1. The monoisotopic (exact) mass is 475 g/mol. The first-order valence-electron chi connectivity index (χ1n) is 10.4. The molecule has 31 heavy (non-hydrogen) atoms. The SMILES string of the molecule is Cn1c(=O)oc2c(N3CCN(CCCc4csc5ccc(Cl)cc45)CC3)cc(Cl)cc21. The van der Waals surface area contributed by atoms with Crippen molar-refractivity contribution in [2.45, 2.75) is 12.8 Å². The Bertz CT molecular complexity index is 1300. The zero-order chi connectivity index (χ0) is 21.5. The summed E-state index contributed by atoms with van der Waals surface area (Å²) >= 11 is 14.3. The summed E-state index contributed by atoms with van der Waals surface area (Å²) in [5.74, 6) is -0.362. The Kier molecular flexibility index (Phi) is 5.73. The van der Waals surface area contributed by atoms with E-state index in [9.17, 15) is 4.79 Å². The molecule has 1 aliphatic heterocycles. The highest BCUT2D eigenvalue weighted by molar-refractivity contribution is 7.17. The zero-order valence-electron chi connectivity index (χ0n) is 17.2. The van der Waals surface area contributed by atoms with Crippen LogP contribution in [0.5, 0.6) is 0 Å². The molecule has 2 aromatic heterocycles. The van der Waals surface area contributed by atoms with E-state index in [1.807, 2.05) is 12.1 Å². The van der Waals surface area contributed by atoms with Gasteiger partial charge in [0.2, 0.25) is 0 Å². The highest BCUT2D eigenvalue weighted by Gasteiger charge is 2.22. The van der Waals surface area contributed by atoms with Gasteiger partial charge in [-0.25, -0.2) is 4.79 Å². The molecule has 1 aliphatic rings. The van der Waals surface area contributed by atoms with Crippen LogP contribution in [-0.2, 0) is 13.5 Å². The molecule has 0 bridgehead atoms. The summed E-state index contributed by atoms with van der Waals surface area (Å²) in [6.45, 7) is 4.77. The molecule has 5 nitrogen and oxygen atoms in total. The van der Waals surface area contributed by atoms with Crippen LogP contribution in [0.1, 0.15) is 12.0 Å². The molecule has 0 aliphatic carbocycles. The maximum atomic E-state index is 12.0. The van der Waals surface area contributed by atoms with Gasteiger partial charge in [0.15, 0.2) is 5.58 Å². The third kappa shape index (κ3) is 4.10. The highest BCUT2D eigenvalue weighted by Crippen LogP contribution is 2.32. The smallest absolute Gasteiger partial charge is 0.405 e. The molecule has 3 heterocycles. The number of halogens is 2. The molecule has 0 unspecified atom stereocenters. The second-order valence-electron chi connectivity index (χ2n) is 8.03. The molecule has 0 saturated carbocycles. The quantitative estimate of drug-likeness (QED) is 0.387. The summed E-state index contributed by atoms with van der Waals surface area (Å²) in [5.41, 5.74) is 3.65. The molecular formula is C23H23Cl2N3O2S. The molecule has 0 radical (unpaired) electrons. The molecule has 1 saturated heterocycles. The van der Waals surface area contributed by atoms with Crippen LogP contribution >= 0.6 is 34.5 Å². The fraction of sp³-hybridized carbons (Fsp3) is 0.348. The molecule has 162 valence electrons. The number of aromatic nitrogens is 1. The number of hydrogen-bond donors (Lipinski definition) is 0. The zero-order valence-corrected chi connectivity index (χ0v) is 19.6. The summed E-state index contributed by atoms with van der Waals surface area (Å²) in [6.07, 6.45) is 2.18. The second-order valence-corrected chi connectivity index (χ2v) is 9.82. The molecule has 0 N–H and O–H groups in total. The highest BCUT2D eigenvalue weighted by atomic mass is 35.5. The van der Waals surface area contributed by atoms with E-state index >= 15 is 0 Å². The van der Waals surface area contributed by atoms with E-state index in [1.54, 1.807) is 24.5 Å². The maximum Gasteiger partial charge on any atom is 0.419 e. The van der Waals surface area contributed by atoms with Gasteiger partial charge in [-0.15, -0.1) is 11.3 Å². The fourth-order valence-electron chi connectivity index (χ4n) is 4.36. The van der Waals surface area contributed by atoms with Crippen molar-refractivity contribution < 1.29 is 4.42 Å². The largest absolute Gasteiger partial charge is 0.419 e. The number of benzene rings is 2. The van der Waals surface area contributed by atoms with E-state index in [0.717, 1.165) is 61.8 Å². The Morgan fingerprint density at radius 3 is 2.68 bits per heavy atom. The van der Waals surface area contributed by atoms with Crippen molar-refractivity contribution in [3.63, 3.8) is 0 Å². The normalized spacial score (nSPS) is 15.4. The van der Waals surface area contributed by atoms with Crippen molar-refractivity contribution >= 4 is 61.4 Å². The minimum absolute atomic E-state index is 0.362. The lowest BCUT2D eigenvalue weighted by Crippen LogP contribution is -2.46. The van der Waals surface area contributed by atoms with Crippen molar-refractivity contribution in [1.29, 1.82) is 0 Å². The van der Waals surface area contributed by atoms with Crippen molar-refractivity contribution in [3.05, 3.63) is 61.9 Å². The molecule has 0 atom stereocenters. The van der Waals surface area contributed by atoms with Gasteiger partial charge in [0.05, 0.1) is 11.2 Å². The molecule has 4 aromatic rings. The molecule has 5 rings (SSSR count). The van der Waals surface area contributed by atoms with Gasteiger partial charge in [-0.3, -0.25) is 9.47 Å². The average Bonchev–Trinajstić information content (AvgIpc) is 3.29. The first kappa shape index (κ1) is 20.9. The molecular weight excluding hydrogens is 453 g/mol. The van der Waals surface area contributed by atoms with Gasteiger partial charge in [0.1, 0.15) is 0 Å². The second kappa shape index (κ2) is 8.51. The van der Waals surface area contributed by atoms with Gasteiger partial charge in [-0.1, -0.05) is 23.2 Å². The van der Waals surface area contributed by atoms with Crippen LogP contribution in [0.4, 0.5) is 5.69 Å². The van der Waals surface area contributed by atoms with Crippen LogP contribution in [0.25, 0.3) is 21.2 Å². The average molecular weight is 476 g/mol. The van der Waals surface area contributed by atoms with Crippen LogP contribution in [0, 0.1) is 0 Å². The summed E-state index contributed by atoms with van der Waals surface area (Å²) < 4.78 is 8.30. The first-order chi connectivity index (χ1) is 15.0. The van der Waals surface area contributed by atoms with E-state index in [4.69, 9.17) is 27.6 Å². The van der Waals surface area contributed by atoms with Crippen LogP contribution in [0.15, 0.2) is 44.9 Å². The lowest BCUT2D eigenvalue weighted by Gasteiger charge is -2.36. The van der Waals surface area contributed by atoms with E-state index in [-0.39, 0.29) is 5.76 Å². The maximum absolute atomic E-state index is 12.0. The van der Waals surface area contributed by atoms with Gasteiger partial charge >= 0.3 is 5.76 Å². The summed E-state index contributed by atoms with van der Waals surface area (Å²) in [4.78, 5) is 16.7. The first-order valence-corrected chi connectivity index (χ1v) is 12.0. The number of oxazole rings is 1. The van der Waals surface area contributed by atoms with E-state index in [0.29, 0.717) is 10.6 Å². The van der Waals surface area contributed by atoms with Crippen LogP contribution in [-0.4, -0.2) is 42.2 Å².